The zero-order valence-electron chi connectivity index (χ0n) is 16.4. The summed E-state index contributed by atoms with van der Waals surface area (Å²) in [6, 6.07) is 12.7. The third kappa shape index (κ3) is 4.27. The van der Waals surface area contributed by atoms with Gasteiger partial charge in [0.15, 0.2) is 0 Å². The molecular weight excluding hydrogens is 318 g/mol. The highest BCUT2D eigenvalue weighted by molar-refractivity contribution is 5.78. The molecule has 0 aliphatic rings. The molecule has 3 heteroatoms. The number of unbranched alkanes of at least 4 members (excludes halogenated alkanes) is 4. The van der Waals surface area contributed by atoms with E-state index in [9.17, 15) is 0 Å². The minimum Gasteiger partial charge on any atom is -0.399 e. The lowest BCUT2D eigenvalue weighted by molar-refractivity contribution is 0.565. The lowest BCUT2D eigenvalue weighted by Gasteiger charge is -2.10. The van der Waals surface area contributed by atoms with Gasteiger partial charge in [-0.2, -0.15) is 0 Å². The topological polar surface area (TPSA) is 43.8 Å². The first-order chi connectivity index (χ1) is 12.6. The molecule has 0 atom stereocenters. The van der Waals surface area contributed by atoms with E-state index >= 15 is 0 Å². The zero-order valence-corrected chi connectivity index (χ0v) is 16.4. The molecule has 1 aromatic heterocycles. The van der Waals surface area contributed by atoms with Gasteiger partial charge in [0.05, 0.1) is 11.0 Å². The summed E-state index contributed by atoms with van der Waals surface area (Å²) in [5, 5.41) is 0. The number of aryl methyl sites for hydroxylation is 3. The van der Waals surface area contributed by atoms with Crippen molar-refractivity contribution in [2.45, 2.75) is 65.8 Å². The average molecular weight is 350 g/mol. The second-order valence-electron chi connectivity index (χ2n) is 7.44. The van der Waals surface area contributed by atoms with Crippen molar-refractivity contribution in [3.63, 3.8) is 0 Å². The molecule has 0 aliphatic carbocycles. The molecule has 0 bridgehead atoms. The molecule has 0 unspecified atom stereocenters. The maximum Gasteiger partial charge on any atom is 0.114 e. The molecule has 1 heterocycles. The number of imidazole rings is 1. The quantitative estimate of drug-likeness (QED) is 0.413. The van der Waals surface area contributed by atoms with Crippen molar-refractivity contribution in [3.05, 3.63) is 58.9 Å². The van der Waals surface area contributed by atoms with E-state index in [1.165, 1.54) is 54.3 Å². The van der Waals surface area contributed by atoms with Crippen molar-refractivity contribution in [2.24, 2.45) is 0 Å². The largest absolute Gasteiger partial charge is 0.399 e. The fourth-order valence-corrected chi connectivity index (χ4v) is 3.51. The van der Waals surface area contributed by atoms with Crippen LogP contribution in [-0.4, -0.2) is 9.55 Å². The summed E-state index contributed by atoms with van der Waals surface area (Å²) in [5.41, 5.74) is 12.9. The van der Waals surface area contributed by atoms with Crippen LogP contribution in [0, 0.1) is 13.8 Å². The number of fused-ring (bicyclic) bond motifs is 1. The third-order valence-corrected chi connectivity index (χ3v) is 5.27. The van der Waals surface area contributed by atoms with Crippen LogP contribution in [-0.2, 0) is 13.0 Å². The SMILES string of the molecule is CCCCCCCn1c(Cc2ccc(N)cc2)nc2cc(C)c(C)cc21. The van der Waals surface area contributed by atoms with Crippen molar-refractivity contribution >= 4 is 16.7 Å². The van der Waals surface area contributed by atoms with Crippen molar-refractivity contribution in [2.75, 3.05) is 5.73 Å². The van der Waals surface area contributed by atoms with Gasteiger partial charge in [0.25, 0.3) is 0 Å². The van der Waals surface area contributed by atoms with Crippen LogP contribution in [0.1, 0.15) is 61.5 Å². The molecule has 0 amide bonds. The number of nitrogens with two attached hydrogens (primary N) is 1. The second kappa shape index (κ2) is 8.39. The highest BCUT2D eigenvalue weighted by Crippen LogP contribution is 2.23. The van der Waals surface area contributed by atoms with Gasteiger partial charge in [0.2, 0.25) is 0 Å². The number of aromatic nitrogens is 2. The van der Waals surface area contributed by atoms with Gasteiger partial charge in [-0.25, -0.2) is 4.98 Å². The Morgan fingerprint density at radius 1 is 0.923 bits per heavy atom. The molecule has 3 aromatic rings. The van der Waals surface area contributed by atoms with Gasteiger partial charge in [-0.3, -0.25) is 0 Å². The molecule has 0 aliphatic heterocycles. The standard InChI is InChI=1S/C23H31N3/c1-4-5-6-7-8-13-26-22-15-18(3)17(2)14-21(22)25-23(26)16-19-9-11-20(24)12-10-19/h9-12,14-15H,4-8,13,16,24H2,1-3H3. The Morgan fingerprint density at radius 2 is 1.62 bits per heavy atom. The minimum atomic E-state index is 0.810. The Morgan fingerprint density at radius 3 is 2.35 bits per heavy atom. The summed E-state index contributed by atoms with van der Waals surface area (Å²) in [7, 11) is 0. The number of hydrogen-bond acceptors (Lipinski definition) is 2. The van der Waals surface area contributed by atoms with Crippen LogP contribution in [0.3, 0.4) is 0 Å². The van der Waals surface area contributed by atoms with Crippen LogP contribution < -0.4 is 5.73 Å². The fraction of sp³-hybridized carbons (Fsp3) is 0.435. The molecule has 0 saturated carbocycles. The molecule has 0 fully saturated rings. The summed E-state index contributed by atoms with van der Waals surface area (Å²) in [6.07, 6.45) is 7.31. The molecule has 2 aromatic carbocycles. The Hall–Kier alpha value is -2.29. The summed E-state index contributed by atoms with van der Waals surface area (Å²) in [6.45, 7) is 7.66. The predicted molar refractivity (Wildman–Crippen MR) is 112 cm³/mol. The number of hydrogen-bond donors (Lipinski definition) is 1. The van der Waals surface area contributed by atoms with Gasteiger partial charge in [-0.1, -0.05) is 44.7 Å². The average Bonchev–Trinajstić information content (AvgIpc) is 2.93. The molecule has 138 valence electrons. The molecular formula is C23H31N3. The van der Waals surface area contributed by atoms with Crippen LogP contribution in [0.2, 0.25) is 0 Å². The van der Waals surface area contributed by atoms with E-state index in [4.69, 9.17) is 10.7 Å². The first-order valence-electron chi connectivity index (χ1n) is 9.89. The normalized spacial score (nSPS) is 11.3. The number of rotatable bonds is 8. The monoisotopic (exact) mass is 349 g/mol. The smallest absolute Gasteiger partial charge is 0.114 e. The van der Waals surface area contributed by atoms with Crippen LogP contribution in [0.5, 0.6) is 0 Å². The van der Waals surface area contributed by atoms with Crippen molar-refractivity contribution in [1.29, 1.82) is 0 Å². The number of benzene rings is 2. The van der Waals surface area contributed by atoms with Gasteiger partial charge in [0.1, 0.15) is 5.82 Å². The van der Waals surface area contributed by atoms with E-state index in [-0.39, 0.29) is 0 Å². The first kappa shape index (κ1) is 18.5. The molecule has 2 N–H and O–H groups in total. The Kier molecular flexibility index (Phi) is 5.97. The van der Waals surface area contributed by atoms with E-state index in [0.717, 1.165) is 30.0 Å². The molecule has 26 heavy (non-hydrogen) atoms. The zero-order chi connectivity index (χ0) is 18.5. The molecule has 0 radical (unpaired) electrons. The van der Waals surface area contributed by atoms with Gasteiger partial charge in [-0.15, -0.1) is 0 Å². The summed E-state index contributed by atoms with van der Waals surface area (Å²) >= 11 is 0. The number of anilines is 1. The van der Waals surface area contributed by atoms with E-state index in [0.29, 0.717) is 0 Å². The number of nitrogen functional groups attached to an aromatic ring is 1. The number of nitrogens with zero attached hydrogens (tertiary/aromatic N) is 2. The van der Waals surface area contributed by atoms with Crippen molar-refractivity contribution in [3.8, 4) is 0 Å². The van der Waals surface area contributed by atoms with Crippen LogP contribution in [0.15, 0.2) is 36.4 Å². The van der Waals surface area contributed by atoms with Gasteiger partial charge >= 0.3 is 0 Å². The van der Waals surface area contributed by atoms with E-state index in [1.807, 2.05) is 12.1 Å². The fourth-order valence-electron chi connectivity index (χ4n) is 3.51. The highest BCUT2D eigenvalue weighted by atomic mass is 15.1. The van der Waals surface area contributed by atoms with E-state index in [1.54, 1.807) is 0 Å². The molecule has 3 nitrogen and oxygen atoms in total. The lowest BCUT2D eigenvalue weighted by atomic mass is 10.1. The lowest BCUT2D eigenvalue weighted by Crippen LogP contribution is -2.05. The Balaban J connectivity index is 1.89. The van der Waals surface area contributed by atoms with Crippen molar-refractivity contribution in [1.82, 2.24) is 9.55 Å². The molecule has 3 rings (SSSR count). The predicted octanol–water partition coefficient (Wildman–Crippen LogP) is 5.80. The van der Waals surface area contributed by atoms with Gasteiger partial charge < -0.3 is 10.3 Å². The maximum absolute atomic E-state index is 5.83. The molecule has 0 saturated heterocycles. The van der Waals surface area contributed by atoms with Crippen molar-refractivity contribution < 1.29 is 0 Å². The first-order valence-corrected chi connectivity index (χ1v) is 9.89. The summed E-state index contributed by atoms with van der Waals surface area (Å²) in [4.78, 5) is 4.98. The summed E-state index contributed by atoms with van der Waals surface area (Å²) < 4.78 is 2.43. The highest BCUT2D eigenvalue weighted by Gasteiger charge is 2.12. The maximum atomic E-state index is 5.83. The Bertz CT molecular complexity index is 859. The van der Waals surface area contributed by atoms with E-state index in [2.05, 4.69) is 49.6 Å². The minimum absolute atomic E-state index is 0.810. The van der Waals surface area contributed by atoms with Crippen LogP contribution in [0.25, 0.3) is 11.0 Å². The third-order valence-electron chi connectivity index (χ3n) is 5.27. The van der Waals surface area contributed by atoms with Crippen LogP contribution in [0.4, 0.5) is 5.69 Å². The van der Waals surface area contributed by atoms with Gasteiger partial charge in [-0.05, 0) is 61.2 Å². The second-order valence-corrected chi connectivity index (χ2v) is 7.44. The van der Waals surface area contributed by atoms with Gasteiger partial charge in [0, 0.05) is 18.7 Å². The van der Waals surface area contributed by atoms with E-state index < -0.39 is 0 Å². The Labute approximate surface area is 157 Å². The molecule has 0 spiro atoms. The summed E-state index contributed by atoms with van der Waals surface area (Å²) in [5.74, 6) is 1.16. The van der Waals surface area contributed by atoms with Crippen LogP contribution >= 0.6 is 0 Å².